The second-order valence-electron chi connectivity index (χ2n) is 4.99. The number of rotatable bonds is 2. The highest BCUT2D eigenvalue weighted by Gasteiger charge is 2.32. The predicted molar refractivity (Wildman–Crippen MR) is 74.0 cm³/mol. The lowest BCUT2D eigenvalue weighted by Crippen LogP contribution is -2.58. The third-order valence-corrected chi connectivity index (χ3v) is 3.58. The Morgan fingerprint density at radius 3 is 2.16 bits per heavy atom. The Bertz CT molecular complexity index is 435. The molecule has 1 aromatic rings. The number of carbonyl (C=O) groups is 1. The first-order valence-corrected chi connectivity index (χ1v) is 6.43. The number of amides is 1. The Labute approximate surface area is 113 Å². The molecular formula is C14H20N2O3. The Morgan fingerprint density at radius 2 is 1.74 bits per heavy atom. The quantitative estimate of drug-likeness (QED) is 0.890. The third kappa shape index (κ3) is 2.75. The summed E-state index contributed by atoms with van der Waals surface area (Å²) in [5.74, 6) is 0.828. The number of methoxy groups -OCH3 is 1. The fraction of sp³-hybridized carbons (Fsp3) is 0.500. The Balaban J connectivity index is 2.12. The number of benzene rings is 1. The maximum Gasteiger partial charge on any atom is 0.407 e. The van der Waals surface area contributed by atoms with E-state index >= 15 is 0 Å². The average molecular weight is 264 g/mol. The zero-order chi connectivity index (χ0) is 14.0. The summed E-state index contributed by atoms with van der Waals surface area (Å²) in [6.07, 6.45) is -0.839. The predicted octanol–water partition coefficient (Wildman–Crippen LogP) is 2.27. The van der Waals surface area contributed by atoms with Crippen LogP contribution < -0.4 is 9.64 Å². The van der Waals surface area contributed by atoms with Crippen molar-refractivity contribution in [3.63, 3.8) is 0 Å². The fourth-order valence-corrected chi connectivity index (χ4v) is 2.70. The van der Waals surface area contributed by atoms with Crippen molar-refractivity contribution in [1.82, 2.24) is 4.90 Å². The average Bonchev–Trinajstić information content (AvgIpc) is 2.37. The van der Waals surface area contributed by atoms with Gasteiger partial charge in [0.15, 0.2) is 0 Å². The van der Waals surface area contributed by atoms with Gasteiger partial charge >= 0.3 is 6.09 Å². The molecule has 0 bridgehead atoms. The molecule has 1 heterocycles. The molecule has 1 aliphatic rings. The largest absolute Gasteiger partial charge is 0.497 e. The summed E-state index contributed by atoms with van der Waals surface area (Å²) < 4.78 is 5.14. The normalized spacial score (nSPS) is 23.3. The molecule has 104 valence electrons. The van der Waals surface area contributed by atoms with Crippen LogP contribution in [0.4, 0.5) is 10.5 Å². The van der Waals surface area contributed by atoms with Crippen molar-refractivity contribution in [2.45, 2.75) is 25.9 Å². The second kappa shape index (κ2) is 5.38. The van der Waals surface area contributed by atoms with Gasteiger partial charge in [0.2, 0.25) is 0 Å². The van der Waals surface area contributed by atoms with Crippen molar-refractivity contribution in [1.29, 1.82) is 0 Å². The first kappa shape index (κ1) is 13.5. The van der Waals surface area contributed by atoms with Gasteiger partial charge in [0.05, 0.1) is 19.2 Å². The molecular weight excluding hydrogens is 244 g/mol. The highest BCUT2D eigenvalue weighted by atomic mass is 16.5. The summed E-state index contributed by atoms with van der Waals surface area (Å²) in [5, 5.41) is 9.20. The Morgan fingerprint density at radius 1 is 1.21 bits per heavy atom. The van der Waals surface area contributed by atoms with Crippen LogP contribution in [0.2, 0.25) is 0 Å². The van der Waals surface area contributed by atoms with Gasteiger partial charge in [-0.15, -0.1) is 0 Å². The van der Waals surface area contributed by atoms with Crippen LogP contribution in [0.25, 0.3) is 0 Å². The molecule has 1 fully saturated rings. The molecule has 1 saturated heterocycles. The molecule has 19 heavy (non-hydrogen) atoms. The van der Waals surface area contributed by atoms with Crippen LogP contribution in [0.3, 0.4) is 0 Å². The van der Waals surface area contributed by atoms with Gasteiger partial charge in [0.25, 0.3) is 0 Å². The van der Waals surface area contributed by atoms with E-state index in [2.05, 4.69) is 4.90 Å². The zero-order valence-electron chi connectivity index (χ0n) is 11.5. The lowest BCUT2D eigenvalue weighted by molar-refractivity contribution is 0.0983. The minimum Gasteiger partial charge on any atom is -0.497 e. The van der Waals surface area contributed by atoms with Gasteiger partial charge < -0.3 is 14.7 Å². The molecule has 0 saturated carbocycles. The van der Waals surface area contributed by atoms with E-state index in [-0.39, 0.29) is 12.1 Å². The van der Waals surface area contributed by atoms with Crippen LogP contribution >= 0.6 is 0 Å². The monoisotopic (exact) mass is 264 g/mol. The number of piperazine rings is 1. The molecule has 1 amide bonds. The summed E-state index contributed by atoms with van der Waals surface area (Å²) in [4.78, 5) is 14.9. The summed E-state index contributed by atoms with van der Waals surface area (Å²) in [6.45, 7) is 5.31. The lowest BCUT2D eigenvalue weighted by atomic mass is 10.1. The van der Waals surface area contributed by atoms with Gasteiger partial charge in [-0.1, -0.05) is 0 Å². The van der Waals surface area contributed by atoms with Crippen molar-refractivity contribution in [2.75, 3.05) is 25.1 Å². The molecule has 1 aliphatic heterocycles. The third-order valence-electron chi connectivity index (χ3n) is 3.58. The van der Waals surface area contributed by atoms with E-state index in [0.29, 0.717) is 13.1 Å². The van der Waals surface area contributed by atoms with Crippen molar-refractivity contribution in [3.8, 4) is 5.75 Å². The van der Waals surface area contributed by atoms with Gasteiger partial charge in [-0.25, -0.2) is 4.79 Å². The van der Waals surface area contributed by atoms with Crippen molar-refractivity contribution in [2.24, 2.45) is 0 Å². The molecule has 0 spiro atoms. The summed E-state index contributed by atoms with van der Waals surface area (Å²) in [7, 11) is 1.64. The van der Waals surface area contributed by atoms with E-state index < -0.39 is 6.09 Å². The van der Waals surface area contributed by atoms with Crippen LogP contribution in [0, 0.1) is 0 Å². The highest BCUT2D eigenvalue weighted by Crippen LogP contribution is 2.24. The summed E-state index contributed by atoms with van der Waals surface area (Å²) in [5.41, 5.74) is 1.10. The number of anilines is 1. The standard InChI is InChI=1S/C14H20N2O3/c1-10-8-15(9-11(2)16(10)14(17)18)12-4-6-13(19-3)7-5-12/h4-7,10-11H,8-9H2,1-3H3,(H,17,18)/t10-,11+. The Hall–Kier alpha value is -1.91. The fourth-order valence-electron chi connectivity index (χ4n) is 2.70. The SMILES string of the molecule is COc1ccc(N2C[C@@H](C)N(C(=O)O)[C@@H](C)C2)cc1. The number of hydrogen-bond acceptors (Lipinski definition) is 3. The Kier molecular flexibility index (Phi) is 3.83. The van der Waals surface area contributed by atoms with E-state index in [9.17, 15) is 9.90 Å². The van der Waals surface area contributed by atoms with E-state index in [0.717, 1.165) is 11.4 Å². The molecule has 0 radical (unpaired) electrons. The van der Waals surface area contributed by atoms with Crippen LogP contribution in [0.15, 0.2) is 24.3 Å². The molecule has 0 aromatic heterocycles. The van der Waals surface area contributed by atoms with Crippen LogP contribution in [0.1, 0.15) is 13.8 Å². The molecule has 1 N–H and O–H groups in total. The lowest BCUT2D eigenvalue weighted by Gasteiger charge is -2.43. The number of hydrogen-bond donors (Lipinski definition) is 1. The van der Waals surface area contributed by atoms with E-state index in [1.165, 1.54) is 4.90 Å². The molecule has 5 heteroatoms. The van der Waals surface area contributed by atoms with E-state index in [4.69, 9.17) is 4.74 Å². The minimum atomic E-state index is -0.839. The van der Waals surface area contributed by atoms with Crippen molar-refractivity contribution < 1.29 is 14.6 Å². The van der Waals surface area contributed by atoms with E-state index in [1.54, 1.807) is 7.11 Å². The molecule has 1 aromatic carbocycles. The molecule has 2 atom stereocenters. The van der Waals surface area contributed by atoms with Crippen LogP contribution in [-0.2, 0) is 0 Å². The van der Waals surface area contributed by atoms with Gasteiger partial charge in [0.1, 0.15) is 5.75 Å². The molecule has 0 unspecified atom stereocenters. The van der Waals surface area contributed by atoms with Crippen LogP contribution in [-0.4, -0.2) is 48.4 Å². The zero-order valence-corrected chi connectivity index (χ0v) is 11.5. The second-order valence-corrected chi connectivity index (χ2v) is 4.99. The number of nitrogens with zero attached hydrogens (tertiary/aromatic N) is 2. The molecule has 0 aliphatic carbocycles. The van der Waals surface area contributed by atoms with Crippen molar-refractivity contribution in [3.05, 3.63) is 24.3 Å². The van der Waals surface area contributed by atoms with Crippen molar-refractivity contribution >= 4 is 11.8 Å². The maximum atomic E-state index is 11.2. The van der Waals surface area contributed by atoms with Gasteiger partial charge in [-0.05, 0) is 38.1 Å². The topological polar surface area (TPSA) is 53.0 Å². The minimum absolute atomic E-state index is 0.0108. The van der Waals surface area contributed by atoms with Crippen LogP contribution in [0.5, 0.6) is 5.75 Å². The molecule has 5 nitrogen and oxygen atoms in total. The maximum absolute atomic E-state index is 11.2. The summed E-state index contributed by atoms with van der Waals surface area (Å²) in [6, 6.07) is 7.85. The van der Waals surface area contributed by atoms with Gasteiger partial charge in [-0.2, -0.15) is 0 Å². The molecule has 2 rings (SSSR count). The first-order valence-electron chi connectivity index (χ1n) is 6.43. The first-order chi connectivity index (χ1) is 9.02. The number of ether oxygens (including phenoxy) is 1. The van der Waals surface area contributed by atoms with Gasteiger partial charge in [0, 0.05) is 18.8 Å². The van der Waals surface area contributed by atoms with Gasteiger partial charge in [-0.3, -0.25) is 4.90 Å². The highest BCUT2D eigenvalue weighted by molar-refractivity contribution is 5.66. The smallest absolute Gasteiger partial charge is 0.407 e. The summed E-state index contributed by atoms with van der Waals surface area (Å²) >= 11 is 0. The number of carboxylic acid groups (broad SMARTS) is 1. The van der Waals surface area contributed by atoms with E-state index in [1.807, 2.05) is 38.1 Å².